The van der Waals surface area contributed by atoms with Gasteiger partial charge in [0.25, 0.3) is 5.91 Å². The first-order chi connectivity index (χ1) is 8.99. The maximum Gasteiger partial charge on any atom is 0.260 e. The monoisotopic (exact) mass is 264 g/mol. The van der Waals surface area contributed by atoms with E-state index in [0.29, 0.717) is 6.54 Å². The molecule has 0 spiro atoms. The fraction of sp³-hybridized carbons (Fsp3) is 0.533. The summed E-state index contributed by atoms with van der Waals surface area (Å²) in [6.45, 7) is 8.35. The molecule has 0 saturated heterocycles. The molecule has 0 radical (unpaired) electrons. The summed E-state index contributed by atoms with van der Waals surface area (Å²) in [7, 11) is 1.90. The van der Waals surface area contributed by atoms with Gasteiger partial charge in [-0.3, -0.25) is 4.79 Å². The Hall–Kier alpha value is -1.55. The third-order valence-corrected chi connectivity index (χ3v) is 3.09. The lowest BCUT2D eigenvalue weighted by atomic mass is 10.1. The third kappa shape index (κ3) is 4.24. The van der Waals surface area contributed by atoms with Crippen molar-refractivity contribution in [2.75, 3.05) is 13.6 Å². The van der Waals surface area contributed by atoms with E-state index in [9.17, 15) is 4.79 Å². The summed E-state index contributed by atoms with van der Waals surface area (Å²) in [5.41, 5.74) is 2.18. The van der Waals surface area contributed by atoms with Crippen molar-refractivity contribution in [2.45, 2.75) is 39.8 Å². The highest BCUT2D eigenvalue weighted by molar-refractivity contribution is 5.80. The van der Waals surface area contributed by atoms with Gasteiger partial charge in [-0.05, 0) is 46.4 Å². The van der Waals surface area contributed by atoms with Gasteiger partial charge in [0, 0.05) is 18.2 Å². The van der Waals surface area contributed by atoms with E-state index in [0.717, 1.165) is 16.9 Å². The van der Waals surface area contributed by atoms with Crippen molar-refractivity contribution in [2.24, 2.45) is 0 Å². The molecule has 2 atom stereocenters. The minimum absolute atomic E-state index is 0.0907. The predicted octanol–water partition coefficient (Wildman–Crippen LogP) is 2.18. The number of hydrogen-bond acceptors (Lipinski definition) is 3. The lowest BCUT2D eigenvalue weighted by Crippen LogP contribution is -2.36. The second-order valence-electron chi connectivity index (χ2n) is 4.71. The minimum Gasteiger partial charge on any atom is -0.481 e. The molecular weight excluding hydrogens is 240 g/mol. The fourth-order valence-corrected chi connectivity index (χ4v) is 1.82. The van der Waals surface area contributed by atoms with E-state index in [1.165, 1.54) is 0 Å². The molecular formula is C15H24N2O2. The molecule has 2 unspecified atom stereocenters. The SMILES string of the molecule is CCNC(=O)C(C)Oc1cc(C)ccc1C(C)NC. The van der Waals surface area contributed by atoms with Crippen LogP contribution in [0.4, 0.5) is 0 Å². The molecule has 1 aromatic rings. The van der Waals surface area contributed by atoms with Crippen LogP contribution in [0.25, 0.3) is 0 Å². The largest absolute Gasteiger partial charge is 0.481 e. The number of ether oxygens (including phenoxy) is 1. The van der Waals surface area contributed by atoms with E-state index >= 15 is 0 Å². The predicted molar refractivity (Wildman–Crippen MR) is 77.4 cm³/mol. The molecule has 0 saturated carbocycles. The quantitative estimate of drug-likeness (QED) is 0.828. The fourth-order valence-electron chi connectivity index (χ4n) is 1.82. The molecule has 0 bridgehead atoms. The zero-order chi connectivity index (χ0) is 14.4. The second kappa shape index (κ2) is 7.14. The number of likely N-dealkylation sites (N-methyl/N-ethyl adjacent to an activating group) is 1. The second-order valence-corrected chi connectivity index (χ2v) is 4.71. The molecule has 4 nitrogen and oxygen atoms in total. The van der Waals surface area contributed by atoms with Crippen LogP contribution in [-0.4, -0.2) is 25.6 Å². The summed E-state index contributed by atoms with van der Waals surface area (Å²) in [5, 5.41) is 5.95. The van der Waals surface area contributed by atoms with Crippen molar-refractivity contribution in [3.05, 3.63) is 29.3 Å². The average Bonchev–Trinajstić information content (AvgIpc) is 2.38. The van der Waals surface area contributed by atoms with Crippen LogP contribution in [0.15, 0.2) is 18.2 Å². The Labute approximate surface area is 115 Å². The van der Waals surface area contributed by atoms with Crippen LogP contribution >= 0.6 is 0 Å². The molecule has 2 N–H and O–H groups in total. The number of amides is 1. The van der Waals surface area contributed by atoms with E-state index in [1.807, 2.05) is 39.1 Å². The number of aryl methyl sites for hydroxylation is 1. The first-order valence-electron chi connectivity index (χ1n) is 6.71. The molecule has 4 heteroatoms. The van der Waals surface area contributed by atoms with Crippen LogP contribution in [0.5, 0.6) is 5.75 Å². The molecule has 1 aromatic carbocycles. The van der Waals surface area contributed by atoms with Crippen molar-refractivity contribution in [3.8, 4) is 5.75 Å². The molecule has 1 amide bonds. The number of rotatable bonds is 6. The van der Waals surface area contributed by atoms with Crippen molar-refractivity contribution in [1.29, 1.82) is 0 Å². The standard InChI is InChI=1S/C15H24N2O2/c1-6-17-15(18)12(4)19-14-9-10(2)7-8-13(14)11(3)16-5/h7-9,11-12,16H,6H2,1-5H3,(H,17,18). The van der Waals surface area contributed by atoms with Crippen LogP contribution < -0.4 is 15.4 Å². The lowest BCUT2D eigenvalue weighted by Gasteiger charge is -2.20. The van der Waals surface area contributed by atoms with Gasteiger partial charge in [0.2, 0.25) is 0 Å². The Morgan fingerprint density at radius 2 is 2.05 bits per heavy atom. The van der Waals surface area contributed by atoms with Gasteiger partial charge in [-0.15, -0.1) is 0 Å². The van der Waals surface area contributed by atoms with Crippen molar-refractivity contribution >= 4 is 5.91 Å². The molecule has 0 aliphatic heterocycles. The van der Waals surface area contributed by atoms with Gasteiger partial charge in [-0.2, -0.15) is 0 Å². The summed E-state index contributed by atoms with van der Waals surface area (Å²) < 4.78 is 5.81. The summed E-state index contributed by atoms with van der Waals surface area (Å²) in [6.07, 6.45) is -0.496. The Morgan fingerprint density at radius 1 is 1.37 bits per heavy atom. The maximum atomic E-state index is 11.7. The minimum atomic E-state index is -0.496. The zero-order valence-corrected chi connectivity index (χ0v) is 12.4. The molecule has 19 heavy (non-hydrogen) atoms. The van der Waals surface area contributed by atoms with E-state index < -0.39 is 6.10 Å². The third-order valence-electron chi connectivity index (χ3n) is 3.09. The summed E-state index contributed by atoms with van der Waals surface area (Å²) >= 11 is 0. The number of carbonyl (C=O) groups is 1. The summed E-state index contributed by atoms with van der Waals surface area (Å²) in [4.78, 5) is 11.7. The zero-order valence-electron chi connectivity index (χ0n) is 12.4. The maximum absolute atomic E-state index is 11.7. The first kappa shape index (κ1) is 15.5. The average molecular weight is 264 g/mol. The molecule has 0 aliphatic carbocycles. The van der Waals surface area contributed by atoms with Crippen LogP contribution in [0.2, 0.25) is 0 Å². The topological polar surface area (TPSA) is 50.4 Å². The molecule has 106 valence electrons. The van der Waals surface area contributed by atoms with Crippen LogP contribution in [0.3, 0.4) is 0 Å². The van der Waals surface area contributed by atoms with Gasteiger partial charge in [0.05, 0.1) is 0 Å². The number of nitrogens with one attached hydrogen (secondary N) is 2. The van der Waals surface area contributed by atoms with Gasteiger partial charge in [0.15, 0.2) is 6.10 Å². The highest BCUT2D eigenvalue weighted by Crippen LogP contribution is 2.27. The molecule has 1 rings (SSSR count). The van der Waals surface area contributed by atoms with Gasteiger partial charge >= 0.3 is 0 Å². The highest BCUT2D eigenvalue weighted by atomic mass is 16.5. The van der Waals surface area contributed by atoms with Gasteiger partial charge < -0.3 is 15.4 Å². The Balaban J connectivity index is 2.92. The Bertz CT molecular complexity index is 432. The van der Waals surface area contributed by atoms with Crippen molar-refractivity contribution in [1.82, 2.24) is 10.6 Å². The molecule has 0 fully saturated rings. The van der Waals surface area contributed by atoms with Crippen LogP contribution in [0.1, 0.15) is 37.9 Å². The number of carbonyl (C=O) groups excluding carboxylic acids is 1. The van der Waals surface area contributed by atoms with E-state index in [4.69, 9.17) is 4.74 Å². The normalized spacial score (nSPS) is 13.7. The number of hydrogen-bond donors (Lipinski definition) is 2. The Kier molecular flexibility index (Phi) is 5.83. The smallest absolute Gasteiger partial charge is 0.260 e. The van der Waals surface area contributed by atoms with Gasteiger partial charge in [-0.1, -0.05) is 12.1 Å². The molecule has 0 heterocycles. The van der Waals surface area contributed by atoms with E-state index in [2.05, 4.69) is 17.6 Å². The van der Waals surface area contributed by atoms with E-state index in [-0.39, 0.29) is 11.9 Å². The van der Waals surface area contributed by atoms with Crippen LogP contribution in [0, 0.1) is 6.92 Å². The van der Waals surface area contributed by atoms with Crippen LogP contribution in [-0.2, 0) is 4.79 Å². The lowest BCUT2D eigenvalue weighted by molar-refractivity contribution is -0.127. The number of benzene rings is 1. The molecule has 0 aromatic heterocycles. The summed E-state index contributed by atoms with van der Waals surface area (Å²) in [5.74, 6) is 0.674. The molecule has 0 aliphatic rings. The van der Waals surface area contributed by atoms with E-state index in [1.54, 1.807) is 6.92 Å². The van der Waals surface area contributed by atoms with Crippen molar-refractivity contribution in [3.63, 3.8) is 0 Å². The van der Waals surface area contributed by atoms with Gasteiger partial charge in [-0.25, -0.2) is 0 Å². The first-order valence-corrected chi connectivity index (χ1v) is 6.71. The Morgan fingerprint density at radius 3 is 2.63 bits per heavy atom. The van der Waals surface area contributed by atoms with Gasteiger partial charge in [0.1, 0.15) is 5.75 Å². The highest BCUT2D eigenvalue weighted by Gasteiger charge is 2.17. The summed E-state index contributed by atoms with van der Waals surface area (Å²) in [6, 6.07) is 6.24. The van der Waals surface area contributed by atoms with Crippen molar-refractivity contribution < 1.29 is 9.53 Å².